The van der Waals surface area contributed by atoms with Crippen molar-refractivity contribution in [2.45, 2.75) is 83.6 Å². The van der Waals surface area contributed by atoms with Gasteiger partial charge in [-0.05, 0) is 56.4 Å². The van der Waals surface area contributed by atoms with Gasteiger partial charge in [-0.25, -0.2) is 0 Å². The van der Waals surface area contributed by atoms with E-state index in [1.54, 1.807) is 0 Å². The first kappa shape index (κ1) is 21.3. The van der Waals surface area contributed by atoms with Gasteiger partial charge in [0.05, 0.1) is 17.4 Å². The Balaban J connectivity index is 1.59. The average molecular weight is 433 g/mol. The molecule has 1 aromatic rings. The van der Waals surface area contributed by atoms with Gasteiger partial charge in [-0.3, -0.25) is 14.4 Å². The summed E-state index contributed by atoms with van der Waals surface area (Å²) in [5, 5.41) is 16.3. The molecule has 0 bridgehead atoms. The molecule has 2 amide bonds. The first-order valence-electron chi connectivity index (χ1n) is 11.4. The van der Waals surface area contributed by atoms with Crippen LogP contribution in [0.3, 0.4) is 0 Å². The predicted molar refractivity (Wildman–Crippen MR) is 117 cm³/mol. The van der Waals surface area contributed by atoms with E-state index in [-0.39, 0.29) is 17.9 Å². The van der Waals surface area contributed by atoms with Gasteiger partial charge in [-0.1, -0.05) is 32.6 Å². The van der Waals surface area contributed by atoms with Crippen LogP contribution in [0, 0.1) is 17.8 Å². The molecule has 3 aliphatic carbocycles. The third kappa shape index (κ3) is 4.41. The van der Waals surface area contributed by atoms with Crippen molar-refractivity contribution >= 4 is 34.1 Å². The van der Waals surface area contributed by atoms with Crippen molar-refractivity contribution in [3.8, 4) is 0 Å². The van der Waals surface area contributed by atoms with Gasteiger partial charge in [0.15, 0.2) is 0 Å². The first-order valence-corrected chi connectivity index (χ1v) is 12.2. The van der Waals surface area contributed by atoms with Crippen LogP contribution in [0.15, 0.2) is 0 Å². The maximum atomic E-state index is 13.2. The van der Waals surface area contributed by atoms with Gasteiger partial charge in [0.2, 0.25) is 5.91 Å². The fourth-order valence-electron chi connectivity index (χ4n) is 5.35. The standard InChI is InChI=1S/C23H32N2O4S/c1-13-10-11-17-18(12-13)30-22(19(17)21(27)24-14-6-2-3-7-14)25-20(26)15-8-4-5-9-16(15)23(28)29/h13-16H,2-12H2,1H3,(H,24,27)(H,25,26)(H,28,29)/t13-,15+,16-/m1/s1. The summed E-state index contributed by atoms with van der Waals surface area (Å²) in [6, 6.07) is 0.217. The topological polar surface area (TPSA) is 95.5 Å². The number of carboxylic acid groups (broad SMARTS) is 1. The number of carbonyl (C=O) groups excluding carboxylic acids is 2. The fourth-order valence-corrected chi connectivity index (χ4v) is 6.76. The zero-order valence-electron chi connectivity index (χ0n) is 17.7. The summed E-state index contributed by atoms with van der Waals surface area (Å²) in [6.07, 6.45) is 10.0. The molecular weight excluding hydrogens is 400 g/mol. The molecule has 0 unspecified atom stereocenters. The van der Waals surface area contributed by atoms with Crippen molar-refractivity contribution in [1.82, 2.24) is 5.32 Å². The minimum atomic E-state index is -0.895. The van der Waals surface area contributed by atoms with Gasteiger partial charge in [-0.15, -0.1) is 11.3 Å². The number of carbonyl (C=O) groups is 3. The minimum absolute atomic E-state index is 0.0809. The van der Waals surface area contributed by atoms with Crippen LogP contribution in [0.4, 0.5) is 5.00 Å². The molecule has 30 heavy (non-hydrogen) atoms. The zero-order chi connectivity index (χ0) is 21.3. The molecule has 2 saturated carbocycles. The van der Waals surface area contributed by atoms with Crippen LogP contribution in [0.1, 0.15) is 85.5 Å². The third-order valence-electron chi connectivity index (χ3n) is 7.09. The number of nitrogens with one attached hydrogen (secondary N) is 2. The second kappa shape index (κ2) is 9.08. The number of hydrogen-bond acceptors (Lipinski definition) is 4. The Morgan fingerprint density at radius 1 is 0.967 bits per heavy atom. The van der Waals surface area contributed by atoms with Gasteiger partial charge in [0, 0.05) is 10.9 Å². The lowest BCUT2D eigenvalue weighted by atomic mass is 9.78. The highest BCUT2D eigenvalue weighted by Crippen LogP contribution is 2.41. The van der Waals surface area contributed by atoms with Gasteiger partial charge in [0.1, 0.15) is 5.00 Å². The van der Waals surface area contributed by atoms with Gasteiger partial charge in [-0.2, -0.15) is 0 Å². The maximum absolute atomic E-state index is 13.2. The van der Waals surface area contributed by atoms with E-state index in [2.05, 4.69) is 17.6 Å². The molecule has 3 atom stereocenters. The molecule has 3 aliphatic rings. The minimum Gasteiger partial charge on any atom is -0.481 e. The Hall–Kier alpha value is -1.89. The predicted octanol–water partition coefficient (Wildman–Crippen LogP) is 4.37. The monoisotopic (exact) mass is 432 g/mol. The SMILES string of the molecule is C[C@@H]1CCc2c(sc(NC(=O)[C@H]3CCCC[C@H]3C(=O)O)c2C(=O)NC2CCCC2)C1. The molecule has 0 saturated heterocycles. The smallest absolute Gasteiger partial charge is 0.307 e. The number of carboxylic acids is 1. The molecule has 0 aromatic carbocycles. The molecule has 4 rings (SSSR count). The van der Waals surface area contributed by atoms with E-state index in [9.17, 15) is 19.5 Å². The summed E-state index contributed by atoms with van der Waals surface area (Å²) in [5.74, 6) is -1.82. The fraction of sp³-hybridized carbons (Fsp3) is 0.696. The summed E-state index contributed by atoms with van der Waals surface area (Å²) in [4.78, 5) is 39.1. The normalized spacial score (nSPS) is 26.8. The molecule has 6 nitrogen and oxygen atoms in total. The molecule has 1 heterocycles. The Kier molecular flexibility index (Phi) is 6.46. The lowest BCUT2D eigenvalue weighted by Gasteiger charge is -2.27. The lowest BCUT2D eigenvalue weighted by molar-refractivity contribution is -0.147. The van der Waals surface area contributed by atoms with Crippen LogP contribution in [-0.4, -0.2) is 28.9 Å². The molecule has 1 aromatic heterocycles. The molecule has 3 N–H and O–H groups in total. The molecule has 164 valence electrons. The van der Waals surface area contributed by atoms with E-state index in [1.165, 1.54) is 16.2 Å². The highest BCUT2D eigenvalue weighted by atomic mass is 32.1. The van der Waals surface area contributed by atoms with Crippen LogP contribution < -0.4 is 10.6 Å². The van der Waals surface area contributed by atoms with Crippen LogP contribution in [0.2, 0.25) is 0 Å². The van der Waals surface area contributed by atoms with Crippen molar-refractivity contribution in [3.05, 3.63) is 16.0 Å². The van der Waals surface area contributed by atoms with Gasteiger partial charge in [0.25, 0.3) is 5.91 Å². The van der Waals surface area contributed by atoms with Crippen LogP contribution in [0.25, 0.3) is 0 Å². The lowest BCUT2D eigenvalue weighted by Crippen LogP contribution is -2.37. The van der Waals surface area contributed by atoms with Crippen molar-refractivity contribution in [2.24, 2.45) is 17.8 Å². The highest BCUT2D eigenvalue weighted by molar-refractivity contribution is 7.17. The Labute approximate surface area is 181 Å². The van der Waals surface area contributed by atoms with Gasteiger partial charge < -0.3 is 15.7 Å². The molecule has 0 aliphatic heterocycles. The quantitative estimate of drug-likeness (QED) is 0.644. The largest absolute Gasteiger partial charge is 0.481 e. The zero-order valence-corrected chi connectivity index (χ0v) is 18.5. The number of amides is 2. The Morgan fingerprint density at radius 3 is 2.33 bits per heavy atom. The number of anilines is 1. The Morgan fingerprint density at radius 2 is 1.63 bits per heavy atom. The summed E-state index contributed by atoms with van der Waals surface area (Å²) in [6.45, 7) is 2.22. The van der Waals surface area contributed by atoms with Crippen molar-refractivity contribution in [3.63, 3.8) is 0 Å². The van der Waals surface area contributed by atoms with E-state index in [0.717, 1.165) is 63.4 Å². The summed E-state index contributed by atoms with van der Waals surface area (Å²) in [5.41, 5.74) is 1.71. The summed E-state index contributed by atoms with van der Waals surface area (Å²) in [7, 11) is 0. The molecule has 0 radical (unpaired) electrons. The van der Waals surface area contributed by atoms with Crippen LogP contribution >= 0.6 is 11.3 Å². The highest BCUT2D eigenvalue weighted by Gasteiger charge is 2.37. The summed E-state index contributed by atoms with van der Waals surface area (Å²) < 4.78 is 0. The maximum Gasteiger partial charge on any atom is 0.307 e. The second-order valence-corrected chi connectivity index (χ2v) is 10.4. The first-order chi connectivity index (χ1) is 14.4. The molecule has 7 heteroatoms. The number of thiophene rings is 1. The van der Waals surface area contributed by atoms with E-state index in [4.69, 9.17) is 0 Å². The van der Waals surface area contributed by atoms with Crippen molar-refractivity contribution in [2.75, 3.05) is 5.32 Å². The number of rotatable bonds is 5. The molecular formula is C23H32N2O4S. The van der Waals surface area contributed by atoms with Crippen LogP contribution in [0.5, 0.6) is 0 Å². The van der Waals surface area contributed by atoms with E-state index in [1.807, 2.05) is 0 Å². The van der Waals surface area contributed by atoms with Crippen molar-refractivity contribution in [1.29, 1.82) is 0 Å². The van der Waals surface area contributed by atoms with Crippen LogP contribution in [-0.2, 0) is 22.4 Å². The summed E-state index contributed by atoms with van der Waals surface area (Å²) >= 11 is 1.51. The molecule has 2 fully saturated rings. The molecule has 0 spiro atoms. The van der Waals surface area contributed by atoms with E-state index in [0.29, 0.717) is 29.3 Å². The number of fused-ring (bicyclic) bond motifs is 1. The van der Waals surface area contributed by atoms with Gasteiger partial charge >= 0.3 is 5.97 Å². The van der Waals surface area contributed by atoms with Crippen molar-refractivity contribution < 1.29 is 19.5 Å². The number of hydrogen-bond donors (Lipinski definition) is 3. The van der Waals surface area contributed by atoms with E-state index >= 15 is 0 Å². The van der Waals surface area contributed by atoms with E-state index < -0.39 is 17.8 Å². The second-order valence-electron chi connectivity index (χ2n) is 9.34. The average Bonchev–Trinajstić information content (AvgIpc) is 3.34. The Bertz CT molecular complexity index is 827. The number of aliphatic carboxylic acids is 1. The third-order valence-corrected chi connectivity index (χ3v) is 8.26.